The predicted octanol–water partition coefficient (Wildman–Crippen LogP) is 11.5. The molecule has 0 heterocycles. The molecule has 1 heteroatoms. The Balaban J connectivity index is 1.46. The molecule has 0 atom stereocenters. The Morgan fingerprint density at radius 2 is 1.25 bits per heavy atom. The molecule has 0 radical (unpaired) electrons. The number of aryl methyl sites for hydroxylation is 3. The molecule has 0 N–H and O–H groups in total. The summed E-state index contributed by atoms with van der Waals surface area (Å²) in [4.78, 5) is 0. The molecule has 0 unspecified atom stereocenters. The zero-order valence-electron chi connectivity index (χ0n) is 26.3. The lowest BCUT2D eigenvalue weighted by Crippen LogP contribution is -2.26. The van der Waals surface area contributed by atoms with E-state index in [1.54, 1.807) is 0 Å². The third-order valence-electron chi connectivity index (χ3n) is 10.3. The molecule has 3 aromatic rings. The monoisotopic (exact) mass is 538 g/mol. The van der Waals surface area contributed by atoms with E-state index in [4.69, 9.17) is 4.74 Å². The standard InChI is InChI=1S/C39H54O/c1-7-32-26-35(36-23-25-38(33(8-2)27-36)40-28-39(9-3,10-4)11-5)22-24-37(32)34-20-18-31(19-21-34)17-16-30-14-12-29(6)13-15-30/h18-27,29-30H,7-17,28H2,1-6H3. The first kappa shape index (κ1) is 30.4. The summed E-state index contributed by atoms with van der Waals surface area (Å²) in [6.07, 6.45) is 13.8. The van der Waals surface area contributed by atoms with E-state index in [9.17, 15) is 0 Å². The van der Waals surface area contributed by atoms with E-state index in [1.807, 2.05) is 0 Å². The molecular weight excluding hydrogens is 484 g/mol. The van der Waals surface area contributed by atoms with Crippen LogP contribution in [0.5, 0.6) is 5.75 Å². The van der Waals surface area contributed by atoms with Crippen LogP contribution in [0.1, 0.15) is 110 Å². The minimum Gasteiger partial charge on any atom is -0.493 e. The number of rotatable bonds is 13. The molecule has 0 bridgehead atoms. The third-order valence-corrected chi connectivity index (χ3v) is 10.3. The van der Waals surface area contributed by atoms with Gasteiger partial charge in [-0.25, -0.2) is 0 Å². The van der Waals surface area contributed by atoms with Gasteiger partial charge in [-0.1, -0.05) is 116 Å². The molecule has 1 fully saturated rings. The Kier molecular flexibility index (Phi) is 10.9. The summed E-state index contributed by atoms with van der Waals surface area (Å²) in [5.41, 5.74) is 9.76. The van der Waals surface area contributed by atoms with Crippen LogP contribution in [0.15, 0.2) is 60.7 Å². The third kappa shape index (κ3) is 7.39. The molecule has 0 aromatic heterocycles. The molecule has 1 nitrogen and oxygen atoms in total. The summed E-state index contributed by atoms with van der Waals surface area (Å²) >= 11 is 0. The van der Waals surface area contributed by atoms with Crippen LogP contribution in [0.4, 0.5) is 0 Å². The molecule has 1 saturated carbocycles. The fourth-order valence-corrected chi connectivity index (χ4v) is 6.65. The molecule has 0 spiro atoms. The van der Waals surface area contributed by atoms with Crippen molar-refractivity contribution in [3.05, 3.63) is 77.4 Å². The van der Waals surface area contributed by atoms with Crippen molar-refractivity contribution in [3.8, 4) is 28.0 Å². The summed E-state index contributed by atoms with van der Waals surface area (Å²) in [6.45, 7) is 14.6. The molecular formula is C39H54O. The molecule has 0 aliphatic heterocycles. The average molecular weight is 539 g/mol. The Bertz CT molecular complexity index is 1180. The smallest absolute Gasteiger partial charge is 0.122 e. The van der Waals surface area contributed by atoms with E-state index in [-0.39, 0.29) is 5.41 Å². The zero-order valence-corrected chi connectivity index (χ0v) is 26.3. The van der Waals surface area contributed by atoms with Gasteiger partial charge in [0.05, 0.1) is 6.61 Å². The lowest BCUT2D eigenvalue weighted by molar-refractivity contribution is 0.127. The van der Waals surface area contributed by atoms with Crippen molar-refractivity contribution in [2.24, 2.45) is 17.3 Å². The normalized spacial score (nSPS) is 17.6. The first-order valence-electron chi connectivity index (χ1n) is 16.4. The fourth-order valence-electron chi connectivity index (χ4n) is 6.65. The Hall–Kier alpha value is -2.54. The largest absolute Gasteiger partial charge is 0.493 e. The maximum atomic E-state index is 6.44. The van der Waals surface area contributed by atoms with Gasteiger partial charge in [-0.3, -0.25) is 0 Å². The summed E-state index contributed by atoms with van der Waals surface area (Å²) in [6, 6.07) is 23.2. The van der Waals surface area contributed by atoms with Crippen molar-refractivity contribution in [2.75, 3.05) is 6.61 Å². The summed E-state index contributed by atoms with van der Waals surface area (Å²) in [5, 5.41) is 0. The van der Waals surface area contributed by atoms with Crippen LogP contribution >= 0.6 is 0 Å². The van der Waals surface area contributed by atoms with E-state index in [0.717, 1.165) is 56.3 Å². The Morgan fingerprint density at radius 3 is 1.85 bits per heavy atom. The molecule has 4 rings (SSSR count). The molecule has 3 aromatic carbocycles. The van der Waals surface area contributed by atoms with Gasteiger partial charge in [0.1, 0.15) is 5.75 Å². The van der Waals surface area contributed by atoms with Gasteiger partial charge in [-0.15, -0.1) is 0 Å². The van der Waals surface area contributed by atoms with Crippen LogP contribution in [-0.2, 0) is 19.3 Å². The highest BCUT2D eigenvalue weighted by Crippen LogP contribution is 2.35. The number of hydrogen-bond acceptors (Lipinski definition) is 1. The fraction of sp³-hybridized carbons (Fsp3) is 0.538. The minimum absolute atomic E-state index is 0.280. The Labute approximate surface area is 245 Å². The lowest BCUT2D eigenvalue weighted by atomic mass is 9.80. The van der Waals surface area contributed by atoms with Gasteiger partial charge in [0.15, 0.2) is 0 Å². The first-order chi connectivity index (χ1) is 19.4. The van der Waals surface area contributed by atoms with Crippen LogP contribution in [0.3, 0.4) is 0 Å². The topological polar surface area (TPSA) is 9.23 Å². The number of benzene rings is 3. The van der Waals surface area contributed by atoms with Gasteiger partial charge in [0, 0.05) is 5.41 Å². The second kappa shape index (κ2) is 14.4. The van der Waals surface area contributed by atoms with Gasteiger partial charge in [0.2, 0.25) is 0 Å². The van der Waals surface area contributed by atoms with Crippen molar-refractivity contribution in [1.29, 1.82) is 0 Å². The highest BCUT2D eigenvalue weighted by Gasteiger charge is 2.25. The van der Waals surface area contributed by atoms with Crippen LogP contribution in [-0.4, -0.2) is 6.61 Å². The molecule has 0 amide bonds. The second-order valence-electron chi connectivity index (χ2n) is 12.6. The SMILES string of the molecule is CCc1cc(-c2ccc(-c3ccc(CCC4CCC(C)CC4)cc3)c(CC)c2)ccc1OCC(CC)(CC)CC. The Morgan fingerprint density at radius 1 is 0.675 bits per heavy atom. The first-order valence-corrected chi connectivity index (χ1v) is 16.4. The van der Waals surface area contributed by atoms with Gasteiger partial charge in [0.25, 0.3) is 0 Å². The maximum absolute atomic E-state index is 6.44. The van der Waals surface area contributed by atoms with Crippen molar-refractivity contribution >= 4 is 0 Å². The molecule has 1 aliphatic rings. The minimum atomic E-state index is 0.280. The van der Waals surface area contributed by atoms with E-state index in [0.29, 0.717) is 0 Å². The summed E-state index contributed by atoms with van der Waals surface area (Å²) in [7, 11) is 0. The summed E-state index contributed by atoms with van der Waals surface area (Å²) < 4.78 is 6.44. The highest BCUT2D eigenvalue weighted by molar-refractivity contribution is 5.74. The van der Waals surface area contributed by atoms with Crippen LogP contribution in [0.25, 0.3) is 22.3 Å². The van der Waals surface area contributed by atoms with E-state index >= 15 is 0 Å². The number of ether oxygens (including phenoxy) is 1. The van der Waals surface area contributed by atoms with Gasteiger partial charge in [-0.05, 0) is 108 Å². The predicted molar refractivity (Wildman–Crippen MR) is 174 cm³/mol. The van der Waals surface area contributed by atoms with Crippen molar-refractivity contribution in [1.82, 2.24) is 0 Å². The average Bonchev–Trinajstić information content (AvgIpc) is 3.01. The summed E-state index contributed by atoms with van der Waals surface area (Å²) in [5.74, 6) is 2.92. The van der Waals surface area contributed by atoms with Crippen molar-refractivity contribution < 1.29 is 4.74 Å². The van der Waals surface area contributed by atoms with Crippen molar-refractivity contribution in [2.45, 2.75) is 112 Å². The van der Waals surface area contributed by atoms with Crippen LogP contribution in [0, 0.1) is 17.3 Å². The molecule has 1 aliphatic carbocycles. The van der Waals surface area contributed by atoms with Crippen molar-refractivity contribution in [3.63, 3.8) is 0 Å². The molecule has 0 saturated heterocycles. The lowest BCUT2D eigenvalue weighted by Gasteiger charge is -2.30. The number of hydrogen-bond donors (Lipinski definition) is 0. The van der Waals surface area contributed by atoms with E-state index in [2.05, 4.69) is 102 Å². The van der Waals surface area contributed by atoms with Crippen LogP contribution in [0.2, 0.25) is 0 Å². The molecule has 40 heavy (non-hydrogen) atoms. The zero-order chi connectivity index (χ0) is 28.5. The molecule has 216 valence electrons. The second-order valence-corrected chi connectivity index (χ2v) is 12.6. The van der Waals surface area contributed by atoms with Gasteiger partial charge < -0.3 is 4.74 Å². The quantitative estimate of drug-likeness (QED) is 0.210. The maximum Gasteiger partial charge on any atom is 0.122 e. The van der Waals surface area contributed by atoms with Gasteiger partial charge in [-0.2, -0.15) is 0 Å². The van der Waals surface area contributed by atoms with Gasteiger partial charge >= 0.3 is 0 Å². The van der Waals surface area contributed by atoms with E-state index < -0.39 is 0 Å². The van der Waals surface area contributed by atoms with E-state index in [1.165, 1.54) is 77.5 Å². The highest BCUT2D eigenvalue weighted by atomic mass is 16.5. The van der Waals surface area contributed by atoms with Crippen LogP contribution < -0.4 is 4.74 Å².